The van der Waals surface area contributed by atoms with E-state index in [1.54, 1.807) is 29.7 Å². The minimum Gasteiger partial charge on any atom is -0.397 e. The van der Waals surface area contributed by atoms with Crippen LogP contribution in [-0.4, -0.2) is 15.9 Å². The highest BCUT2D eigenvalue weighted by atomic mass is 32.1. The topological polar surface area (TPSA) is 80.9 Å². The predicted octanol–water partition coefficient (Wildman–Crippen LogP) is 4.25. The van der Waals surface area contributed by atoms with E-state index in [2.05, 4.69) is 15.3 Å². The molecule has 4 heterocycles. The molecule has 0 atom stereocenters. The van der Waals surface area contributed by atoms with E-state index in [9.17, 15) is 4.79 Å². The number of aromatic nitrogens is 2. The number of nitrogens with one attached hydrogen (secondary N) is 1. The first-order valence-corrected chi connectivity index (χ1v) is 8.87. The lowest BCUT2D eigenvalue weighted by atomic mass is 10.2. The predicted molar refractivity (Wildman–Crippen MR) is 99.5 cm³/mol. The van der Waals surface area contributed by atoms with Crippen molar-refractivity contribution in [3.8, 4) is 10.6 Å². The highest BCUT2D eigenvalue weighted by Gasteiger charge is 2.18. The molecule has 7 heteroatoms. The van der Waals surface area contributed by atoms with Gasteiger partial charge in [-0.15, -0.1) is 22.7 Å². The maximum atomic E-state index is 12.5. The normalized spacial score (nSPS) is 10.8. The van der Waals surface area contributed by atoms with Gasteiger partial charge in [0.15, 0.2) is 0 Å². The minimum atomic E-state index is -0.271. The SMILES string of the molecule is Nc1c(C(=O)Nc2ccccn2)sc2nc(-c3cccs3)ccc12. The van der Waals surface area contributed by atoms with Crippen LogP contribution in [0, 0.1) is 0 Å². The number of hydrogen-bond acceptors (Lipinski definition) is 6. The first kappa shape index (κ1) is 14.8. The Kier molecular flexibility index (Phi) is 3.72. The molecule has 0 unspecified atom stereocenters. The van der Waals surface area contributed by atoms with Crippen LogP contribution in [-0.2, 0) is 0 Å². The fraction of sp³-hybridized carbons (Fsp3) is 0. The summed E-state index contributed by atoms with van der Waals surface area (Å²) in [5.41, 5.74) is 7.49. The van der Waals surface area contributed by atoms with Crippen molar-refractivity contribution in [2.24, 2.45) is 0 Å². The van der Waals surface area contributed by atoms with E-state index in [1.165, 1.54) is 11.3 Å². The Morgan fingerprint density at radius 3 is 2.79 bits per heavy atom. The van der Waals surface area contributed by atoms with E-state index in [1.807, 2.05) is 35.7 Å². The van der Waals surface area contributed by atoms with Gasteiger partial charge in [0.05, 0.1) is 16.3 Å². The molecular formula is C17H12N4OS2. The molecule has 1 amide bonds. The molecule has 0 bridgehead atoms. The third-order valence-corrected chi connectivity index (χ3v) is 5.49. The molecule has 0 aliphatic heterocycles. The van der Waals surface area contributed by atoms with Crippen molar-refractivity contribution in [1.29, 1.82) is 0 Å². The van der Waals surface area contributed by atoms with Gasteiger partial charge in [0.1, 0.15) is 15.5 Å². The van der Waals surface area contributed by atoms with Crippen LogP contribution in [0.1, 0.15) is 9.67 Å². The Hall–Kier alpha value is -2.77. The molecule has 0 fully saturated rings. The van der Waals surface area contributed by atoms with E-state index in [-0.39, 0.29) is 5.91 Å². The number of nitrogens with two attached hydrogens (primary N) is 1. The van der Waals surface area contributed by atoms with Crippen molar-refractivity contribution < 1.29 is 4.79 Å². The number of anilines is 2. The molecule has 3 N–H and O–H groups in total. The van der Waals surface area contributed by atoms with Crippen LogP contribution in [0.25, 0.3) is 20.8 Å². The van der Waals surface area contributed by atoms with Crippen molar-refractivity contribution in [2.45, 2.75) is 0 Å². The monoisotopic (exact) mass is 352 g/mol. The second-order valence-corrected chi connectivity index (χ2v) is 6.99. The van der Waals surface area contributed by atoms with E-state index >= 15 is 0 Å². The zero-order valence-electron chi connectivity index (χ0n) is 12.4. The van der Waals surface area contributed by atoms with Gasteiger partial charge in [0, 0.05) is 11.6 Å². The summed E-state index contributed by atoms with van der Waals surface area (Å²) < 4.78 is 0. The lowest BCUT2D eigenvalue weighted by molar-refractivity contribution is 0.103. The van der Waals surface area contributed by atoms with Crippen molar-refractivity contribution in [3.63, 3.8) is 0 Å². The highest BCUT2D eigenvalue weighted by molar-refractivity contribution is 7.21. The third-order valence-electron chi connectivity index (χ3n) is 3.48. The van der Waals surface area contributed by atoms with Crippen LogP contribution in [0.2, 0.25) is 0 Å². The van der Waals surface area contributed by atoms with Gasteiger partial charge < -0.3 is 11.1 Å². The molecule has 0 aromatic carbocycles. The average molecular weight is 352 g/mol. The number of nitrogens with zero attached hydrogens (tertiary/aromatic N) is 2. The molecule has 0 spiro atoms. The van der Waals surface area contributed by atoms with Crippen LogP contribution >= 0.6 is 22.7 Å². The van der Waals surface area contributed by atoms with Crippen LogP contribution in [0.4, 0.5) is 11.5 Å². The summed E-state index contributed by atoms with van der Waals surface area (Å²) in [7, 11) is 0. The minimum absolute atomic E-state index is 0.271. The number of carbonyl (C=O) groups excluding carboxylic acids is 1. The molecule has 4 aromatic heterocycles. The largest absolute Gasteiger partial charge is 0.397 e. The fourth-order valence-corrected chi connectivity index (χ4v) is 4.02. The summed E-state index contributed by atoms with van der Waals surface area (Å²) in [6, 6.07) is 13.2. The number of thiophene rings is 2. The molecule has 24 heavy (non-hydrogen) atoms. The van der Waals surface area contributed by atoms with Gasteiger partial charge in [0.25, 0.3) is 5.91 Å². The van der Waals surface area contributed by atoms with Gasteiger partial charge in [-0.2, -0.15) is 0 Å². The Balaban J connectivity index is 1.71. The lowest BCUT2D eigenvalue weighted by Crippen LogP contribution is -2.12. The molecule has 0 aliphatic carbocycles. The zero-order valence-corrected chi connectivity index (χ0v) is 14.0. The van der Waals surface area contributed by atoms with Gasteiger partial charge >= 0.3 is 0 Å². The summed E-state index contributed by atoms with van der Waals surface area (Å²) in [5, 5.41) is 5.56. The number of pyridine rings is 2. The molecule has 118 valence electrons. The smallest absolute Gasteiger partial charge is 0.269 e. The van der Waals surface area contributed by atoms with Crippen LogP contribution in [0.15, 0.2) is 54.0 Å². The summed E-state index contributed by atoms with van der Waals surface area (Å²) >= 11 is 2.92. The van der Waals surface area contributed by atoms with E-state index in [4.69, 9.17) is 5.73 Å². The standard InChI is InChI=1S/C17H12N4OS2/c18-14-10-6-7-11(12-4-3-9-23-12)20-17(10)24-15(14)16(22)21-13-5-1-2-8-19-13/h1-9H,18H2,(H,19,21,22). The molecule has 0 saturated heterocycles. The first-order chi connectivity index (χ1) is 11.7. The lowest BCUT2D eigenvalue weighted by Gasteiger charge is -2.02. The number of rotatable bonds is 3. The molecule has 4 rings (SSSR count). The second kappa shape index (κ2) is 6.03. The van der Waals surface area contributed by atoms with Crippen molar-refractivity contribution in [3.05, 3.63) is 58.9 Å². The third kappa shape index (κ3) is 2.64. The number of hydrogen-bond donors (Lipinski definition) is 2. The second-order valence-electron chi connectivity index (χ2n) is 5.04. The van der Waals surface area contributed by atoms with Gasteiger partial charge in [-0.3, -0.25) is 4.79 Å². The molecule has 5 nitrogen and oxygen atoms in total. The molecule has 0 saturated carbocycles. The fourth-order valence-electron chi connectivity index (χ4n) is 2.34. The number of fused-ring (bicyclic) bond motifs is 1. The molecular weight excluding hydrogens is 340 g/mol. The average Bonchev–Trinajstić information content (AvgIpc) is 3.24. The quantitative estimate of drug-likeness (QED) is 0.577. The van der Waals surface area contributed by atoms with Crippen molar-refractivity contribution in [1.82, 2.24) is 9.97 Å². The summed E-state index contributed by atoms with van der Waals surface area (Å²) in [5.74, 6) is 0.221. The first-order valence-electron chi connectivity index (χ1n) is 7.17. The van der Waals surface area contributed by atoms with E-state index < -0.39 is 0 Å². The van der Waals surface area contributed by atoms with Crippen LogP contribution in [0.5, 0.6) is 0 Å². The van der Waals surface area contributed by atoms with Crippen LogP contribution < -0.4 is 11.1 Å². The van der Waals surface area contributed by atoms with E-state index in [0.29, 0.717) is 16.4 Å². The van der Waals surface area contributed by atoms with Gasteiger partial charge in [-0.05, 0) is 35.7 Å². The summed E-state index contributed by atoms with van der Waals surface area (Å²) in [6.07, 6.45) is 1.62. The highest BCUT2D eigenvalue weighted by Crippen LogP contribution is 2.35. The van der Waals surface area contributed by atoms with Gasteiger partial charge in [-0.25, -0.2) is 9.97 Å². The Labute approximate surface area is 145 Å². The number of nitrogen functional groups attached to an aromatic ring is 1. The Bertz CT molecular complexity index is 1010. The summed E-state index contributed by atoms with van der Waals surface area (Å²) in [4.78, 5) is 23.5. The van der Waals surface area contributed by atoms with E-state index in [0.717, 1.165) is 20.8 Å². The van der Waals surface area contributed by atoms with Crippen molar-refractivity contribution >= 4 is 50.3 Å². The Morgan fingerprint density at radius 2 is 2.04 bits per heavy atom. The van der Waals surface area contributed by atoms with Gasteiger partial charge in [0.2, 0.25) is 0 Å². The van der Waals surface area contributed by atoms with Gasteiger partial charge in [-0.1, -0.05) is 12.1 Å². The summed E-state index contributed by atoms with van der Waals surface area (Å²) in [6.45, 7) is 0. The van der Waals surface area contributed by atoms with Crippen LogP contribution in [0.3, 0.4) is 0 Å². The maximum Gasteiger partial charge on any atom is 0.269 e. The molecule has 0 aliphatic rings. The van der Waals surface area contributed by atoms with Crippen molar-refractivity contribution in [2.75, 3.05) is 11.1 Å². The zero-order chi connectivity index (χ0) is 16.5. The molecule has 4 aromatic rings. The number of amides is 1. The Morgan fingerprint density at radius 1 is 1.12 bits per heavy atom. The maximum absolute atomic E-state index is 12.5. The number of carbonyl (C=O) groups is 1. The molecule has 0 radical (unpaired) electrons.